The van der Waals surface area contributed by atoms with Gasteiger partial charge in [0.15, 0.2) is 17.7 Å². The fourth-order valence-corrected chi connectivity index (χ4v) is 3.26. The van der Waals surface area contributed by atoms with E-state index in [1.165, 1.54) is 0 Å². The Hall–Kier alpha value is -3.76. The molecule has 0 saturated heterocycles. The molecule has 0 spiro atoms. The van der Waals surface area contributed by atoms with Gasteiger partial charge in [-0.05, 0) is 36.8 Å². The molecule has 0 aliphatic carbocycles. The predicted molar refractivity (Wildman–Crippen MR) is 130 cm³/mol. The first kappa shape index (κ1) is 25.9. The molecule has 4 N–H and O–H groups in total. The standard InChI is InChI=1S/C25H29FN4O5/c1-4-34-23(33)21(32)25(2,3)16-8-10-17(11-9-16)28-22-20(26)15-27-24(30-22)29-18-6-5-7-19(14-18)35-13-12-31/h5-11,14-15,21,31-32H,4,12-13H2,1-3H3,(H2,27,28,29,30). The van der Waals surface area contributed by atoms with Gasteiger partial charge in [0, 0.05) is 22.9 Å². The van der Waals surface area contributed by atoms with Crippen molar-refractivity contribution >= 4 is 29.1 Å². The molecule has 1 aromatic heterocycles. The average Bonchev–Trinajstić information content (AvgIpc) is 2.85. The molecule has 3 rings (SSSR count). The molecule has 186 valence electrons. The van der Waals surface area contributed by atoms with Crippen LogP contribution in [0.15, 0.2) is 54.7 Å². The first-order valence-corrected chi connectivity index (χ1v) is 11.1. The largest absolute Gasteiger partial charge is 0.491 e. The van der Waals surface area contributed by atoms with Gasteiger partial charge in [-0.3, -0.25) is 0 Å². The molecule has 1 heterocycles. The van der Waals surface area contributed by atoms with Crippen molar-refractivity contribution in [2.75, 3.05) is 30.5 Å². The third-order valence-corrected chi connectivity index (χ3v) is 5.28. The Morgan fingerprint density at radius 2 is 1.89 bits per heavy atom. The van der Waals surface area contributed by atoms with Crippen LogP contribution in [-0.2, 0) is 14.9 Å². The molecule has 0 aliphatic rings. The lowest BCUT2D eigenvalue weighted by Gasteiger charge is -2.29. The lowest BCUT2D eigenvalue weighted by molar-refractivity contribution is -0.156. The Labute approximate surface area is 203 Å². The Morgan fingerprint density at radius 3 is 2.57 bits per heavy atom. The van der Waals surface area contributed by atoms with Crippen LogP contribution in [0, 0.1) is 5.82 Å². The number of aliphatic hydroxyl groups is 2. The van der Waals surface area contributed by atoms with E-state index in [1.807, 2.05) is 0 Å². The average molecular weight is 485 g/mol. The third-order valence-electron chi connectivity index (χ3n) is 5.28. The van der Waals surface area contributed by atoms with Crippen molar-refractivity contribution in [3.8, 4) is 5.75 Å². The van der Waals surface area contributed by atoms with Gasteiger partial charge in [-0.1, -0.05) is 32.0 Å². The molecule has 0 aliphatic heterocycles. The van der Waals surface area contributed by atoms with Crippen LogP contribution in [0.5, 0.6) is 5.75 Å². The highest BCUT2D eigenvalue weighted by molar-refractivity contribution is 5.76. The highest BCUT2D eigenvalue weighted by atomic mass is 19.1. The van der Waals surface area contributed by atoms with E-state index < -0.39 is 23.3 Å². The second kappa shape index (κ2) is 11.6. The highest BCUT2D eigenvalue weighted by Crippen LogP contribution is 2.30. The number of nitrogens with zero attached hydrogens (tertiary/aromatic N) is 2. The van der Waals surface area contributed by atoms with Gasteiger partial charge in [0.2, 0.25) is 5.95 Å². The molecule has 1 atom stereocenters. The Balaban J connectivity index is 1.73. The summed E-state index contributed by atoms with van der Waals surface area (Å²) in [6.45, 7) is 5.40. The minimum Gasteiger partial charge on any atom is -0.491 e. The van der Waals surface area contributed by atoms with Crippen LogP contribution < -0.4 is 15.4 Å². The van der Waals surface area contributed by atoms with Gasteiger partial charge in [0.25, 0.3) is 0 Å². The molecule has 0 amide bonds. The van der Waals surface area contributed by atoms with E-state index in [2.05, 4.69) is 20.6 Å². The Bertz CT molecular complexity index is 1140. The number of benzene rings is 2. The van der Waals surface area contributed by atoms with Crippen LogP contribution in [0.25, 0.3) is 0 Å². The summed E-state index contributed by atoms with van der Waals surface area (Å²) in [5.74, 6) is -0.635. The zero-order chi connectivity index (χ0) is 25.4. The van der Waals surface area contributed by atoms with Crippen molar-refractivity contribution in [1.82, 2.24) is 9.97 Å². The zero-order valence-electron chi connectivity index (χ0n) is 19.8. The van der Waals surface area contributed by atoms with E-state index >= 15 is 0 Å². The summed E-state index contributed by atoms with van der Waals surface area (Å²) in [7, 11) is 0. The minimum atomic E-state index is -1.33. The number of nitrogens with one attached hydrogen (secondary N) is 2. The molecule has 9 nitrogen and oxygen atoms in total. The summed E-state index contributed by atoms with van der Waals surface area (Å²) < 4.78 is 24.7. The van der Waals surface area contributed by atoms with Crippen LogP contribution in [0.3, 0.4) is 0 Å². The molecule has 1 unspecified atom stereocenters. The monoisotopic (exact) mass is 484 g/mol. The van der Waals surface area contributed by atoms with Crippen molar-refractivity contribution in [3.05, 3.63) is 66.1 Å². The van der Waals surface area contributed by atoms with Crippen LogP contribution in [0.1, 0.15) is 26.3 Å². The molecule has 0 fully saturated rings. The highest BCUT2D eigenvalue weighted by Gasteiger charge is 2.36. The Kier molecular flexibility index (Phi) is 8.56. The van der Waals surface area contributed by atoms with Crippen LogP contribution in [0.4, 0.5) is 27.5 Å². The molecule has 0 saturated carbocycles. The quantitative estimate of drug-likeness (QED) is 0.302. The lowest BCUT2D eigenvalue weighted by Crippen LogP contribution is -2.41. The van der Waals surface area contributed by atoms with Gasteiger partial charge in [-0.25, -0.2) is 14.2 Å². The van der Waals surface area contributed by atoms with Crippen molar-refractivity contribution in [1.29, 1.82) is 0 Å². The Morgan fingerprint density at radius 1 is 1.14 bits per heavy atom. The van der Waals surface area contributed by atoms with Crippen LogP contribution in [0.2, 0.25) is 0 Å². The normalized spacial score (nSPS) is 12.1. The minimum absolute atomic E-state index is 0.0336. The maximum atomic E-state index is 14.4. The number of ether oxygens (including phenoxy) is 2. The van der Waals surface area contributed by atoms with Crippen molar-refractivity contribution in [3.63, 3.8) is 0 Å². The summed E-state index contributed by atoms with van der Waals surface area (Å²) in [5.41, 5.74) is 0.998. The van der Waals surface area contributed by atoms with E-state index in [0.717, 1.165) is 6.20 Å². The number of carbonyl (C=O) groups is 1. The van der Waals surface area contributed by atoms with Crippen molar-refractivity contribution in [2.45, 2.75) is 32.3 Å². The number of rotatable bonds is 11. The maximum absolute atomic E-state index is 14.4. The fourth-order valence-electron chi connectivity index (χ4n) is 3.26. The zero-order valence-corrected chi connectivity index (χ0v) is 19.8. The summed E-state index contributed by atoms with van der Waals surface area (Å²) in [6.07, 6.45) is -0.279. The number of aliphatic hydroxyl groups excluding tert-OH is 2. The van der Waals surface area contributed by atoms with Crippen LogP contribution >= 0.6 is 0 Å². The number of hydrogen-bond acceptors (Lipinski definition) is 9. The molecule has 2 aromatic carbocycles. The molecule has 10 heteroatoms. The van der Waals surface area contributed by atoms with E-state index in [4.69, 9.17) is 14.6 Å². The smallest absolute Gasteiger partial charge is 0.335 e. The third kappa shape index (κ3) is 6.65. The second-order valence-corrected chi connectivity index (χ2v) is 8.19. The van der Waals surface area contributed by atoms with Gasteiger partial charge in [0.1, 0.15) is 12.4 Å². The van der Waals surface area contributed by atoms with Gasteiger partial charge in [0.05, 0.1) is 19.4 Å². The van der Waals surface area contributed by atoms with E-state index in [0.29, 0.717) is 22.7 Å². The summed E-state index contributed by atoms with van der Waals surface area (Å²) >= 11 is 0. The first-order chi connectivity index (χ1) is 16.7. The van der Waals surface area contributed by atoms with Crippen molar-refractivity contribution in [2.24, 2.45) is 0 Å². The maximum Gasteiger partial charge on any atom is 0.335 e. The van der Waals surface area contributed by atoms with E-state index in [1.54, 1.807) is 69.3 Å². The topological polar surface area (TPSA) is 126 Å². The molecular weight excluding hydrogens is 455 g/mol. The number of carbonyl (C=O) groups excluding carboxylic acids is 1. The predicted octanol–water partition coefficient (Wildman–Crippen LogP) is 3.68. The first-order valence-electron chi connectivity index (χ1n) is 11.1. The molecular formula is C25H29FN4O5. The number of aromatic nitrogens is 2. The molecule has 35 heavy (non-hydrogen) atoms. The number of halogens is 1. The van der Waals surface area contributed by atoms with Gasteiger partial charge < -0.3 is 30.3 Å². The van der Waals surface area contributed by atoms with E-state index in [-0.39, 0.29) is 31.6 Å². The second-order valence-electron chi connectivity index (χ2n) is 8.19. The summed E-state index contributed by atoms with van der Waals surface area (Å²) in [5, 5.41) is 25.2. The number of hydrogen-bond donors (Lipinski definition) is 4. The van der Waals surface area contributed by atoms with Crippen LogP contribution in [-0.4, -0.2) is 52.1 Å². The molecule has 3 aromatic rings. The molecule has 0 bridgehead atoms. The van der Waals surface area contributed by atoms with Gasteiger partial charge in [-0.15, -0.1) is 0 Å². The van der Waals surface area contributed by atoms with Gasteiger partial charge >= 0.3 is 5.97 Å². The fraction of sp³-hybridized carbons (Fsp3) is 0.320. The number of esters is 1. The van der Waals surface area contributed by atoms with E-state index in [9.17, 15) is 14.3 Å². The summed E-state index contributed by atoms with van der Waals surface area (Å²) in [6, 6.07) is 13.9. The SMILES string of the molecule is CCOC(=O)C(O)C(C)(C)c1ccc(Nc2nc(Nc3cccc(OCCO)c3)ncc2F)cc1. The number of anilines is 4. The van der Waals surface area contributed by atoms with Crippen molar-refractivity contribution < 1.29 is 28.9 Å². The summed E-state index contributed by atoms with van der Waals surface area (Å²) in [4.78, 5) is 20.2. The lowest BCUT2D eigenvalue weighted by atomic mass is 9.79. The molecule has 0 radical (unpaired) electrons. The van der Waals surface area contributed by atoms with Gasteiger partial charge in [-0.2, -0.15) is 4.98 Å².